The molecule has 2 heterocycles. The van der Waals surface area contributed by atoms with Gasteiger partial charge in [-0.15, -0.1) is 5.10 Å². The number of nitrogens with zero attached hydrogens (tertiary/aromatic N) is 3. The van der Waals surface area contributed by atoms with Gasteiger partial charge in [-0.3, -0.25) is 4.79 Å². The van der Waals surface area contributed by atoms with Crippen molar-refractivity contribution in [3.8, 4) is 0 Å². The normalized spacial score (nSPS) is 11.1. The number of hydrogen-bond donors (Lipinski definition) is 1. The molecule has 0 saturated heterocycles. The van der Waals surface area contributed by atoms with Crippen LogP contribution in [-0.4, -0.2) is 14.6 Å². The lowest BCUT2D eigenvalue weighted by Crippen LogP contribution is -2.15. The predicted octanol–water partition coefficient (Wildman–Crippen LogP) is 3.19. The van der Waals surface area contributed by atoms with Crippen LogP contribution in [0.25, 0.3) is 15.9 Å². The van der Waals surface area contributed by atoms with Gasteiger partial charge in [-0.25, -0.2) is 9.37 Å². The molecule has 0 atom stereocenters. The minimum atomic E-state index is -0.382. The van der Waals surface area contributed by atoms with Crippen LogP contribution >= 0.6 is 11.3 Å². The average Bonchev–Trinajstić information content (AvgIpc) is 2.93. The van der Waals surface area contributed by atoms with Gasteiger partial charge in [-0.2, -0.15) is 4.52 Å². The molecule has 0 aliphatic rings. The van der Waals surface area contributed by atoms with Crippen molar-refractivity contribution in [1.82, 2.24) is 14.6 Å². The molecule has 0 aliphatic carbocycles. The van der Waals surface area contributed by atoms with Gasteiger partial charge in [0.05, 0.1) is 16.6 Å². The summed E-state index contributed by atoms with van der Waals surface area (Å²) in [6, 6.07) is 13.4. The number of halogens is 1. The maximum atomic E-state index is 13.7. The molecule has 4 aromatic rings. The number of rotatable bonds is 2. The summed E-state index contributed by atoms with van der Waals surface area (Å²) in [6.45, 7) is 0. The van der Waals surface area contributed by atoms with E-state index in [1.165, 1.54) is 21.9 Å². The molecule has 0 saturated carbocycles. The molecule has 0 aliphatic heterocycles. The van der Waals surface area contributed by atoms with Crippen LogP contribution in [0, 0.1) is 5.82 Å². The molecule has 22 heavy (non-hydrogen) atoms. The van der Waals surface area contributed by atoms with Crippen LogP contribution in [0.5, 0.6) is 0 Å². The van der Waals surface area contributed by atoms with Gasteiger partial charge in [0.2, 0.25) is 10.1 Å². The van der Waals surface area contributed by atoms with E-state index in [1.807, 2.05) is 6.07 Å². The molecule has 0 unspecified atom stereocenters. The fourth-order valence-corrected chi connectivity index (χ4v) is 2.99. The molecular formula is C15H9FN4OS. The molecule has 0 amide bonds. The number of hydrogen-bond acceptors (Lipinski definition) is 5. The van der Waals surface area contributed by atoms with E-state index in [9.17, 15) is 9.18 Å². The number of nitrogens with one attached hydrogen (secondary N) is 1. The van der Waals surface area contributed by atoms with E-state index in [0.29, 0.717) is 26.7 Å². The monoisotopic (exact) mass is 312 g/mol. The second-order valence-electron chi connectivity index (χ2n) is 4.64. The molecule has 7 heteroatoms. The number of aromatic nitrogens is 3. The lowest BCUT2D eigenvalue weighted by Gasteiger charge is -2.01. The zero-order valence-electron chi connectivity index (χ0n) is 11.2. The van der Waals surface area contributed by atoms with E-state index < -0.39 is 0 Å². The van der Waals surface area contributed by atoms with Gasteiger partial charge < -0.3 is 5.32 Å². The maximum absolute atomic E-state index is 13.7. The highest BCUT2D eigenvalue weighted by Gasteiger charge is 2.11. The van der Waals surface area contributed by atoms with Crippen LogP contribution in [0.4, 0.5) is 15.2 Å². The van der Waals surface area contributed by atoms with E-state index in [1.54, 1.807) is 36.4 Å². The van der Waals surface area contributed by atoms with Crippen LogP contribution in [-0.2, 0) is 0 Å². The second kappa shape index (κ2) is 4.88. The first-order valence-corrected chi connectivity index (χ1v) is 7.34. The third-order valence-corrected chi connectivity index (χ3v) is 4.04. The summed E-state index contributed by atoms with van der Waals surface area (Å²) in [6.07, 6.45) is 0. The Morgan fingerprint density at radius 1 is 1.09 bits per heavy atom. The van der Waals surface area contributed by atoms with Gasteiger partial charge in [0, 0.05) is 0 Å². The van der Waals surface area contributed by atoms with E-state index >= 15 is 0 Å². The fourth-order valence-electron chi connectivity index (χ4n) is 2.18. The SMILES string of the molecule is O=c1c2ccccc2nc2sc(Nc3ccccc3F)nn12. The first-order chi connectivity index (χ1) is 10.7. The summed E-state index contributed by atoms with van der Waals surface area (Å²) in [5, 5.41) is 7.97. The van der Waals surface area contributed by atoms with E-state index in [-0.39, 0.29) is 11.4 Å². The molecule has 0 spiro atoms. The third-order valence-electron chi connectivity index (χ3n) is 3.22. The summed E-state index contributed by atoms with van der Waals surface area (Å²) < 4.78 is 14.9. The Morgan fingerprint density at radius 2 is 1.86 bits per heavy atom. The fraction of sp³-hybridized carbons (Fsp3) is 0. The lowest BCUT2D eigenvalue weighted by molar-refractivity contribution is 0.632. The number of fused-ring (bicyclic) bond motifs is 2. The summed E-state index contributed by atoms with van der Waals surface area (Å²) in [5.41, 5.74) is 0.686. The predicted molar refractivity (Wildman–Crippen MR) is 84.3 cm³/mol. The van der Waals surface area contributed by atoms with Crippen molar-refractivity contribution in [3.63, 3.8) is 0 Å². The highest BCUT2D eigenvalue weighted by atomic mass is 32.1. The topological polar surface area (TPSA) is 59.3 Å². The van der Waals surface area contributed by atoms with Crippen molar-refractivity contribution in [2.45, 2.75) is 0 Å². The summed E-state index contributed by atoms with van der Waals surface area (Å²) in [5.74, 6) is -0.382. The van der Waals surface area contributed by atoms with Gasteiger partial charge in [0.25, 0.3) is 5.56 Å². The summed E-state index contributed by atoms with van der Waals surface area (Å²) in [4.78, 5) is 17.3. The quantitative estimate of drug-likeness (QED) is 0.617. The Morgan fingerprint density at radius 3 is 2.73 bits per heavy atom. The second-order valence-corrected chi connectivity index (χ2v) is 5.60. The standard InChI is InChI=1S/C15H9FN4OS/c16-10-6-2-4-8-12(10)17-14-19-20-13(21)9-5-1-3-7-11(9)18-15(20)22-14/h1-8H,(H,17,19). The highest BCUT2D eigenvalue weighted by molar-refractivity contribution is 7.20. The Hall–Kier alpha value is -2.80. The number of benzene rings is 2. The molecule has 1 N–H and O–H groups in total. The summed E-state index contributed by atoms with van der Waals surface area (Å²) in [7, 11) is 0. The maximum Gasteiger partial charge on any atom is 0.283 e. The smallest absolute Gasteiger partial charge is 0.283 e. The van der Waals surface area contributed by atoms with Crippen LogP contribution in [0.2, 0.25) is 0 Å². The average molecular weight is 312 g/mol. The van der Waals surface area contributed by atoms with E-state index in [0.717, 1.165) is 0 Å². The Labute approximate surface area is 127 Å². The lowest BCUT2D eigenvalue weighted by atomic mass is 10.2. The molecule has 108 valence electrons. The minimum Gasteiger partial charge on any atom is -0.328 e. The zero-order valence-corrected chi connectivity index (χ0v) is 12.0. The molecular weight excluding hydrogens is 303 g/mol. The van der Waals surface area contributed by atoms with Crippen molar-refractivity contribution in [3.05, 3.63) is 64.7 Å². The Bertz CT molecular complexity index is 1060. The van der Waals surface area contributed by atoms with Gasteiger partial charge in [0.1, 0.15) is 5.82 Å². The van der Waals surface area contributed by atoms with Gasteiger partial charge in [-0.1, -0.05) is 35.6 Å². The number of anilines is 2. The molecule has 4 rings (SSSR count). The molecule has 0 fully saturated rings. The van der Waals surface area contributed by atoms with Crippen LogP contribution in [0.15, 0.2) is 53.3 Å². The molecule has 2 aromatic heterocycles. The first-order valence-electron chi connectivity index (χ1n) is 6.52. The zero-order chi connectivity index (χ0) is 15.1. The Balaban J connectivity index is 1.87. The van der Waals surface area contributed by atoms with Crippen molar-refractivity contribution in [2.24, 2.45) is 0 Å². The van der Waals surface area contributed by atoms with Gasteiger partial charge >= 0.3 is 0 Å². The van der Waals surface area contributed by atoms with Gasteiger partial charge in [0.15, 0.2) is 0 Å². The van der Waals surface area contributed by atoms with Crippen LogP contribution in [0.3, 0.4) is 0 Å². The summed E-state index contributed by atoms with van der Waals surface area (Å²) >= 11 is 1.19. The van der Waals surface area contributed by atoms with Gasteiger partial charge in [-0.05, 0) is 24.3 Å². The largest absolute Gasteiger partial charge is 0.328 e. The first kappa shape index (κ1) is 12.9. The highest BCUT2D eigenvalue weighted by Crippen LogP contribution is 2.24. The molecule has 0 radical (unpaired) electrons. The molecule has 0 bridgehead atoms. The Kier molecular flexibility index (Phi) is 2.87. The van der Waals surface area contributed by atoms with Crippen molar-refractivity contribution in [2.75, 3.05) is 5.32 Å². The van der Waals surface area contributed by atoms with Crippen LogP contribution < -0.4 is 10.9 Å². The van der Waals surface area contributed by atoms with Crippen molar-refractivity contribution >= 4 is 38.0 Å². The van der Waals surface area contributed by atoms with Crippen molar-refractivity contribution < 1.29 is 4.39 Å². The van der Waals surface area contributed by atoms with E-state index in [2.05, 4.69) is 15.4 Å². The minimum absolute atomic E-state index is 0.238. The molecule has 2 aromatic carbocycles. The third kappa shape index (κ3) is 2.03. The van der Waals surface area contributed by atoms with Crippen LogP contribution in [0.1, 0.15) is 0 Å². The molecule has 5 nitrogen and oxygen atoms in total. The van der Waals surface area contributed by atoms with E-state index in [4.69, 9.17) is 0 Å². The van der Waals surface area contributed by atoms with Crippen molar-refractivity contribution in [1.29, 1.82) is 0 Å². The number of para-hydroxylation sites is 2.